The van der Waals surface area contributed by atoms with Crippen LogP contribution in [-0.4, -0.2) is 235 Å². The lowest BCUT2D eigenvalue weighted by atomic mass is 9.75. The number of hydrogen-bond donors (Lipinski definition) is 9. The van der Waals surface area contributed by atoms with E-state index in [0.717, 1.165) is 21.1 Å². The minimum Gasteiger partial charge on any atom is -0.463 e. The van der Waals surface area contributed by atoms with Crippen LogP contribution in [0.5, 0.6) is 0 Å². The Morgan fingerprint density at radius 2 is 0.942 bits per heavy atom. The average molecular weight is 1800 g/mol. The zero-order valence-electron chi connectivity index (χ0n) is 76.3. The lowest BCUT2D eigenvalue weighted by Gasteiger charge is -2.50. The Morgan fingerprint density at radius 3 is 1.40 bits per heavy atom. The molecule has 6 aliphatic rings. The number of halogens is 1. The normalized spacial score (nSPS) is 32.1. The number of aliphatic hydroxyl groups is 9. The lowest BCUT2D eigenvalue weighted by Crippen LogP contribution is -2.59. The fourth-order valence-corrected chi connectivity index (χ4v) is 22.2. The first kappa shape index (κ1) is 106. The minimum atomic E-state index is -2.04. The first-order chi connectivity index (χ1) is 56.0. The van der Waals surface area contributed by atoms with Crippen LogP contribution in [0.25, 0.3) is 0 Å². The number of benzene rings is 3. The Hall–Kier alpha value is -5.48. The molecule has 29 heteroatoms. The van der Waals surface area contributed by atoms with E-state index >= 15 is 0 Å². The zero-order chi connectivity index (χ0) is 91.9. The average Bonchev–Trinajstić information content (AvgIpc) is 1.73. The number of hydrogen-bond acceptors (Lipinski definition) is 25. The molecule has 0 aromatic heterocycles. The van der Waals surface area contributed by atoms with Gasteiger partial charge in [-0.1, -0.05) is 185 Å². The monoisotopic (exact) mass is 1790 g/mol. The molecule has 0 saturated carbocycles. The molecule has 0 spiro atoms. The highest BCUT2D eigenvalue weighted by Crippen LogP contribution is 2.48. The number of esters is 4. The highest BCUT2D eigenvalue weighted by atomic mass is 79.9. The number of terminal acetylenes is 2. The predicted octanol–water partition coefficient (Wildman–Crippen LogP) is 11.0. The zero-order valence-corrected chi connectivity index (χ0v) is 79.9. The molecular weight excluding hydrogens is 1650 g/mol. The molecule has 0 amide bonds. The van der Waals surface area contributed by atoms with E-state index in [4.69, 9.17) is 79.4 Å². The summed E-state index contributed by atoms with van der Waals surface area (Å²) in [5.74, 6) is 7.38. The van der Waals surface area contributed by atoms with Gasteiger partial charge in [-0.25, -0.2) is 0 Å². The van der Waals surface area contributed by atoms with Crippen LogP contribution in [0.2, 0.25) is 36.3 Å². The Bertz CT molecular complexity index is 3900. The van der Waals surface area contributed by atoms with Crippen LogP contribution in [0.1, 0.15) is 207 Å². The molecule has 25 nitrogen and oxygen atoms in total. The maximum absolute atomic E-state index is 12.6. The molecule has 0 unspecified atom stereocenters. The van der Waals surface area contributed by atoms with Crippen molar-refractivity contribution in [2.75, 3.05) is 33.0 Å². The summed E-state index contributed by atoms with van der Waals surface area (Å²) in [6.07, 6.45) is -4.43. The molecule has 6 aliphatic heterocycles. The molecule has 9 N–H and O–H groups in total. The lowest BCUT2D eigenvalue weighted by molar-refractivity contribution is -0.231. The van der Waals surface area contributed by atoms with Crippen molar-refractivity contribution in [2.24, 2.45) is 46.3 Å². The molecule has 6 fully saturated rings. The summed E-state index contributed by atoms with van der Waals surface area (Å²) in [7, 11) is -3.96. The van der Waals surface area contributed by atoms with Gasteiger partial charge in [0.2, 0.25) is 8.32 Å². The van der Waals surface area contributed by atoms with Crippen molar-refractivity contribution in [1.29, 1.82) is 0 Å². The van der Waals surface area contributed by atoms with Crippen LogP contribution in [-0.2, 0) is 75.5 Å². The molecule has 9 rings (SSSR count). The van der Waals surface area contributed by atoms with Crippen molar-refractivity contribution >= 4 is 68.8 Å². The minimum absolute atomic E-state index is 0.00119. The number of rotatable bonds is 18. The highest BCUT2D eigenvalue weighted by Gasteiger charge is 2.55. The summed E-state index contributed by atoms with van der Waals surface area (Å²) in [6, 6.07) is 22.8. The molecule has 0 aliphatic carbocycles. The second kappa shape index (κ2) is 45.3. The van der Waals surface area contributed by atoms with E-state index in [-0.39, 0.29) is 91.9 Å². The Balaban J connectivity index is 0.000000276. The van der Waals surface area contributed by atoms with Gasteiger partial charge in [-0.05, 0) is 156 Å². The summed E-state index contributed by atoms with van der Waals surface area (Å²) in [5.41, 5.74) is 7.06. The van der Waals surface area contributed by atoms with Crippen LogP contribution in [0, 0.1) is 82.5 Å². The summed E-state index contributed by atoms with van der Waals surface area (Å²) in [6.45, 7) is 54.2. The van der Waals surface area contributed by atoms with E-state index in [2.05, 4.69) is 135 Å². The second-order valence-electron chi connectivity index (χ2n) is 38.1. The SMILES string of the molecule is C#C[C@H]1O[C@H](CO)[C@@H](O)[C@H](O)[C@@H]1O.C#Cc1cccc([C@H]2O[C@H](CO)[C@@H](O)[C@H](O)[C@@H]2O)c1.CC(=O)OC[C@H]1O[C@H](c2cccc(B3OC(C)(C)C(C)(C)O3)c2)[C@@H](C)[C@@H](C)[C@@H]1OC(C)=O.CC(C)[Si](O[C@H]1[C@H](C)[C@H](C)[C@@H](C#C[Si](C)(C)C)O[C@@H]1CO)(C(C)C)C(C)C.C[C@@H]1[C@H](C)[C@@H](c2ccc(Br)cc2)O[C@H](COC(=O)C(C)(C)C)[C@H]1OC(=O)C(C)(C)C. The first-order valence-corrected chi connectivity index (χ1v) is 48.8. The fourth-order valence-electron chi connectivity index (χ4n) is 15.7. The van der Waals surface area contributed by atoms with E-state index in [0.29, 0.717) is 39.6 Å². The Morgan fingerprint density at radius 1 is 0.504 bits per heavy atom. The molecule has 6 heterocycles. The van der Waals surface area contributed by atoms with E-state index < -0.39 is 150 Å². The predicted molar refractivity (Wildman–Crippen MR) is 471 cm³/mol. The van der Waals surface area contributed by atoms with Crippen LogP contribution >= 0.6 is 15.9 Å². The quantitative estimate of drug-likeness (QED) is 0.0247. The maximum Gasteiger partial charge on any atom is 0.494 e. The number of carbonyl (C=O) groups is 4. The summed E-state index contributed by atoms with van der Waals surface area (Å²) in [5, 5.41) is 85.1. The largest absolute Gasteiger partial charge is 0.494 e. The van der Waals surface area contributed by atoms with E-state index in [1.165, 1.54) is 13.8 Å². The van der Waals surface area contributed by atoms with Crippen molar-refractivity contribution in [2.45, 2.75) is 330 Å². The standard InChI is InChI=1S/C24H35BO7.C24H35BrO5.C22H44O3Si2.C14H16O5.C8H12O5/c1-14-15(2)22(29-17(4)27)20(13-28-16(3)26)30-21(14)18-10-9-11-19(12-18)25-31-23(5,6)24(7,8)32-25;1-14-15(2)20(30-22(27)24(6,7)8)18(13-28-21(26)23(3,4)5)29-19(14)16-9-11-17(25)12-10-16;1-15(2)27(16(3)4,17(5)6)25-22-19(8)18(7)20(24-21(22)14-23)12-13-26(9,10)11;1-2-8-4-3-5-9(6-8)14-13(18)12(17)11(16)10(7-15)19-14;1-2-4-6(10)8(12)7(11)5(3-9)13-4/h9-12,14-15,20-22H,13H2,1-8H3;9-12,14-15,18-20H,13H2,1-8H3;15-23H,14H2,1-11H3;1,3-6,10-18H,7H2;1,4-12H,3H2/t14-,15+,20+,21-,22-;14-,15+,18+,19-,20-;18-,19+,20+,21+,22-;10-,11-,12+,13+,14-;4-,5-,6-,7-,8-/m00011/s1. The number of aliphatic hydroxyl groups excluding tert-OH is 9. The molecule has 3 aromatic rings. The topological polar surface area (TPSA) is 361 Å². The van der Waals surface area contributed by atoms with E-state index in [1.54, 1.807) is 24.3 Å². The molecule has 121 heavy (non-hydrogen) atoms. The van der Waals surface area contributed by atoms with Crippen molar-refractivity contribution in [1.82, 2.24) is 0 Å². The third-order valence-electron chi connectivity index (χ3n) is 24.2. The fraction of sp³-hybridized carbons (Fsp3) is 0.696. The van der Waals surface area contributed by atoms with Gasteiger partial charge in [-0.2, -0.15) is 0 Å². The van der Waals surface area contributed by atoms with Gasteiger partial charge < -0.3 is 102 Å². The third-order valence-corrected chi connectivity index (χ3v) is 31.8. The molecular formula is C92H142BBrO25Si2. The van der Waals surface area contributed by atoms with Gasteiger partial charge in [0.25, 0.3) is 0 Å². The van der Waals surface area contributed by atoms with E-state index in [9.17, 15) is 54.9 Å². The van der Waals surface area contributed by atoms with Gasteiger partial charge >= 0.3 is 31.0 Å². The van der Waals surface area contributed by atoms with Crippen LogP contribution in [0.15, 0.2) is 77.3 Å². The molecule has 0 bridgehead atoms. The van der Waals surface area contributed by atoms with E-state index in [1.807, 2.05) is 125 Å². The molecule has 0 radical (unpaired) electrons. The molecule has 3 aromatic carbocycles. The molecule has 678 valence electrons. The molecule has 25 atom stereocenters. The Labute approximate surface area is 730 Å². The second-order valence-corrected chi connectivity index (χ2v) is 49.2. The summed E-state index contributed by atoms with van der Waals surface area (Å²) < 4.78 is 72.2. The Kier molecular flexibility index (Phi) is 39.7. The maximum atomic E-state index is 12.6. The van der Waals surface area contributed by atoms with Gasteiger partial charge in [0, 0.05) is 35.7 Å². The van der Waals surface area contributed by atoms with Crippen molar-refractivity contribution in [3.05, 3.63) is 99.5 Å². The molecule has 6 saturated heterocycles. The van der Waals surface area contributed by atoms with Crippen molar-refractivity contribution in [3.63, 3.8) is 0 Å². The van der Waals surface area contributed by atoms with Gasteiger partial charge in [-0.3, -0.25) is 19.2 Å². The third kappa shape index (κ3) is 27.8. The van der Waals surface area contributed by atoms with Gasteiger partial charge in [-0.15, -0.1) is 18.4 Å². The summed E-state index contributed by atoms with van der Waals surface area (Å²) >= 11 is 3.47. The van der Waals surface area contributed by atoms with Crippen molar-refractivity contribution in [3.8, 4) is 36.2 Å². The van der Waals surface area contributed by atoms with Crippen LogP contribution < -0.4 is 5.46 Å². The van der Waals surface area contributed by atoms with Crippen LogP contribution in [0.4, 0.5) is 0 Å². The smallest absolute Gasteiger partial charge is 0.463 e. The van der Waals surface area contributed by atoms with Gasteiger partial charge in [0.05, 0.1) is 60.2 Å². The first-order valence-electron chi connectivity index (χ1n) is 42.3. The van der Waals surface area contributed by atoms with Gasteiger partial charge in [0.1, 0.15) is 119 Å². The highest BCUT2D eigenvalue weighted by molar-refractivity contribution is 9.10. The number of carbonyl (C=O) groups excluding carboxylic acids is 4. The summed E-state index contributed by atoms with van der Waals surface area (Å²) in [4.78, 5) is 48.0. The van der Waals surface area contributed by atoms with Gasteiger partial charge in [0.15, 0.2) is 0 Å². The van der Waals surface area contributed by atoms with Crippen molar-refractivity contribution < 1.29 is 122 Å². The number of ether oxygens (including phenoxy) is 9. The van der Waals surface area contributed by atoms with Crippen LogP contribution in [0.3, 0.4) is 0 Å².